The summed E-state index contributed by atoms with van der Waals surface area (Å²) in [5, 5.41) is 3.28. The Kier molecular flexibility index (Phi) is 14.5. The van der Waals surface area contributed by atoms with E-state index >= 15 is 0 Å². The summed E-state index contributed by atoms with van der Waals surface area (Å²) in [4.78, 5) is 16.8. The smallest absolute Gasteiger partial charge is 0.258 e. The van der Waals surface area contributed by atoms with Crippen molar-refractivity contribution in [1.29, 1.82) is 0 Å². The van der Waals surface area contributed by atoms with E-state index in [9.17, 15) is 4.79 Å². The Morgan fingerprint density at radius 2 is 1.13 bits per heavy atom. The fourth-order valence-corrected chi connectivity index (χ4v) is 20.1. The van der Waals surface area contributed by atoms with Crippen molar-refractivity contribution >= 4 is 39.4 Å². The highest BCUT2D eigenvalue weighted by Gasteiger charge is 2.48. The Labute approximate surface area is 330 Å². The van der Waals surface area contributed by atoms with E-state index in [1.807, 2.05) is 38.4 Å². The average molecular weight is 771 g/mol. The van der Waals surface area contributed by atoms with Gasteiger partial charge in [-0.3, -0.25) is 4.79 Å². The number of amides is 1. The maximum Gasteiger partial charge on any atom is 0.258 e. The topological polar surface area (TPSA) is 60.0 Å². The first-order valence-corrected chi connectivity index (χ1v) is 24.7. The fourth-order valence-electron chi connectivity index (χ4n) is 9.60. The van der Waals surface area contributed by atoms with Crippen molar-refractivity contribution in [1.82, 2.24) is 4.90 Å². The van der Waals surface area contributed by atoms with Crippen molar-refractivity contribution < 1.29 is 18.4 Å². The van der Waals surface area contributed by atoms with Gasteiger partial charge in [-0.2, -0.15) is 0 Å². The zero-order chi connectivity index (χ0) is 40.1. The molecule has 0 spiro atoms. The van der Waals surface area contributed by atoms with E-state index in [1.165, 1.54) is 5.57 Å². The van der Waals surface area contributed by atoms with Gasteiger partial charge in [0, 0.05) is 12.2 Å². The van der Waals surface area contributed by atoms with Crippen LogP contribution in [-0.2, 0) is 4.79 Å². The molecule has 3 aromatic carbocycles. The van der Waals surface area contributed by atoms with E-state index in [0.29, 0.717) is 39.9 Å². The summed E-state index contributed by atoms with van der Waals surface area (Å²) in [5.41, 5.74) is 8.90. The summed E-state index contributed by atoms with van der Waals surface area (Å²) in [5.74, 6) is 2.00. The van der Waals surface area contributed by atoms with Gasteiger partial charge in [0.1, 0.15) is 23.9 Å². The number of allylic oxidation sites excluding steroid dienone is 1. The SMILES string of the molecule is CCC1=C(c2ccc(O[Si](C(C)C)(C(C)C)C(C)C)cc2)C(C(=O)Nc2ccc(OCCN(C)C)cc2)c2cc(O[Si](C(C)C)(C(C)C)C(C)C)ccc21. The van der Waals surface area contributed by atoms with Crippen molar-refractivity contribution in [2.45, 2.75) is 136 Å². The standard InChI is InChI=1S/C46H70N2O4Si2/c1-16-41-42-26-25-40(52-54(33(8)9,34(10)11)35(12)13)29-43(42)45(46(49)47-37-19-23-38(24-20-37)50-28-27-48(14)15)44(41)36-17-21-39(22-18-36)51-53(30(2)3,31(4)5)32(6)7/h17-26,29-35,45H,16,27-28H2,1-15H3,(H,47,49). The summed E-state index contributed by atoms with van der Waals surface area (Å²) < 4.78 is 20.2. The monoisotopic (exact) mass is 770 g/mol. The molecule has 1 atom stereocenters. The minimum atomic E-state index is -2.23. The second kappa shape index (κ2) is 18.1. The molecule has 4 rings (SSSR count). The minimum absolute atomic E-state index is 0.0561. The molecule has 1 unspecified atom stereocenters. The Balaban J connectivity index is 1.78. The van der Waals surface area contributed by atoms with E-state index in [0.717, 1.165) is 58.2 Å². The van der Waals surface area contributed by atoms with E-state index < -0.39 is 22.6 Å². The largest absolute Gasteiger partial charge is 0.543 e. The molecule has 0 fully saturated rings. The molecule has 0 heterocycles. The van der Waals surface area contributed by atoms with Gasteiger partial charge in [-0.1, -0.05) is 108 Å². The van der Waals surface area contributed by atoms with Gasteiger partial charge in [0.15, 0.2) is 0 Å². The Bertz CT molecular complexity index is 1680. The molecule has 1 N–H and O–H groups in total. The molecule has 3 aromatic rings. The maximum absolute atomic E-state index is 14.7. The molecular weight excluding hydrogens is 701 g/mol. The second-order valence-corrected chi connectivity index (χ2v) is 28.2. The van der Waals surface area contributed by atoms with E-state index in [4.69, 9.17) is 13.6 Å². The van der Waals surface area contributed by atoms with Crippen molar-refractivity contribution in [3.8, 4) is 17.2 Å². The van der Waals surface area contributed by atoms with Gasteiger partial charge >= 0.3 is 0 Å². The summed E-state index contributed by atoms with van der Waals surface area (Å²) in [7, 11) is -0.297. The minimum Gasteiger partial charge on any atom is -0.543 e. The molecular formula is C46H70N2O4Si2. The summed E-state index contributed by atoms with van der Waals surface area (Å²) in [6, 6.07) is 22.8. The van der Waals surface area contributed by atoms with Gasteiger partial charge in [0.05, 0.1) is 5.92 Å². The lowest BCUT2D eigenvalue weighted by molar-refractivity contribution is -0.116. The van der Waals surface area contributed by atoms with Crippen molar-refractivity contribution in [3.05, 3.63) is 83.4 Å². The van der Waals surface area contributed by atoms with Gasteiger partial charge in [0.25, 0.3) is 16.6 Å². The normalized spacial score (nSPS) is 15.0. The van der Waals surface area contributed by atoms with Crippen molar-refractivity contribution in [3.63, 3.8) is 0 Å². The number of nitrogens with zero attached hydrogens (tertiary/aromatic N) is 1. The molecule has 1 amide bonds. The Morgan fingerprint density at radius 3 is 1.59 bits per heavy atom. The number of hydrogen-bond donors (Lipinski definition) is 1. The van der Waals surface area contributed by atoms with Gasteiger partial charge in [-0.15, -0.1) is 0 Å². The lowest BCUT2D eigenvalue weighted by Gasteiger charge is -2.42. The Hall–Kier alpha value is -3.34. The van der Waals surface area contributed by atoms with Gasteiger partial charge in [0.2, 0.25) is 5.91 Å². The number of hydrogen-bond acceptors (Lipinski definition) is 5. The van der Waals surface area contributed by atoms with Crippen LogP contribution < -0.4 is 18.9 Å². The second-order valence-electron chi connectivity index (χ2n) is 17.5. The molecule has 0 aromatic heterocycles. The first-order valence-electron chi connectivity index (χ1n) is 20.4. The number of fused-ring (bicyclic) bond motifs is 1. The van der Waals surface area contributed by atoms with Crippen LogP contribution in [0.4, 0.5) is 5.69 Å². The molecule has 0 saturated carbocycles. The molecule has 1 aliphatic rings. The highest BCUT2D eigenvalue weighted by molar-refractivity contribution is 6.78. The third-order valence-electron chi connectivity index (χ3n) is 12.0. The molecule has 0 aliphatic heterocycles. The van der Waals surface area contributed by atoms with Gasteiger partial charge in [-0.25, -0.2) is 0 Å². The number of rotatable bonds is 18. The zero-order valence-corrected chi connectivity index (χ0v) is 38.1. The molecule has 6 nitrogen and oxygen atoms in total. The number of carbonyl (C=O) groups excluding carboxylic acids is 1. The maximum atomic E-state index is 14.7. The van der Waals surface area contributed by atoms with Crippen LogP contribution in [0, 0.1) is 0 Å². The van der Waals surface area contributed by atoms with Crippen LogP contribution in [0.15, 0.2) is 66.7 Å². The predicted molar refractivity (Wildman–Crippen MR) is 235 cm³/mol. The van der Waals surface area contributed by atoms with Gasteiger partial charge < -0.3 is 23.8 Å². The van der Waals surface area contributed by atoms with Crippen LogP contribution in [0.25, 0.3) is 11.1 Å². The molecule has 54 heavy (non-hydrogen) atoms. The Morgan fingerprint density at radius 1 is 0.667 bits per heavy atom. The van der Waals surface area contributed by atoms with Gasteiger partial charge in [-0.05, 0) is 130 Å². The number of carbonyl (C=O) groups is 1. The number of anilines is 1. The first kappa shape index (κ1) is 43.4. The zero-order valence-electron chi connectivity index (χ0n) is 36.1. The van der Waals surface area contributed by atoms with Crippen LogP contribution >= 0.6 is 0 Å². The first-order chi connectivity index (χ1) is 25.4. The fraction of sp³-hybridized carbons (Fsp3) is 0.543. The highest BCUT2D eigenvalue weighted by atomic mass is 28.4. The lowest BCUT2D eigenvalue weighted by Crippen LogP contribution is -2.50. The van der Waals surface area contributed by atoms with Crippen molar-refractivity contribution in [2.75, 3.05) is 32.6 Å². The quantitative estimate of drug-likeness (QED) is 0.131. The number of benzene rings is 3. The molecule has 296 valence electrons. The molecule has 0 saturated heterocycles. The summed E-state index contributed by atoms with van der Waals surface area (Å²) in [6.07, 6.45) is 0.802. The number of ether oxygens (including phenoxy) is 1. The molecule has 1 aliphatic carbocycles. The number of nitrogens with one attached hydrogen (secondary N) is 1. The number of likely N-dealkylation sites (N-methyl/N-ethyl adjacent to an activating group) is 1. The third-order valence-corrected chi connectivity index (χ3v) is 24.0. The average Bonchev–Trinajstić information content (AvgIpc) is 3.43. The summed E-state index contributed by atoms with van der Waals surface area (Å²) in [6.45, 7) is 31.4. The van der Waals surface area contributed by atoms with E-state index in [2.05, 4.69) is 143 Å². The van der Waals surface area contributed by atoms with Crippen LogP contribution in [0.5, 0.6) is 17.2 Å². The van der Waals surface area contributed by atoms with Crippen LogP contribution in [-0.4, -0.2) is 54.7 Å². The highest BCUT2D eigenvalue weighted by Crippen LogP contribution is 2.51. The van der Waals surface area contributed by atoms with Crippen LogP contribution in [0.2, 0.25) is 33.2 Å². The van der Waals surface area contributed by atoms with Crippen molar-refractivity contribution in [2.24, 2.45) is 0 Å². The lowest BCUT2D eigenvalue weighted by atomic mass is 9.89. The van der Waals surface area contributed by atoms with E-state index in [1.54, 1.807) is 0 Å². The third kappa shape index (κ3) is 8.87. The summed E-state index contributed by atoms with van der Waals surface area (Å²) >= 11 is 0. The molecule has 8 heteroatoms. The van der Waals surface area contributed by atoms with Crippen LogP contribution in [0.3, 0.4) is 0 Å². The predicted octanol–water partition coefficient (Wildman–Crippen LogP) is 12.8. The van der Waals surface area contributed by atoms with E-state index in [-0.39, 0.29) is 5.91 Å². The molecule has 0 bridgehead atoms. The van der Waals surface area contributed by atoms with Crippen LogP contribution in [0.1, 0.15) is 119 Å². The molecule has 0 radical (unpaired) electrons.